The van der Waals surface area contributed by atoms with E-state index in [1.807, 2.05) is 0 Å². The molecule has 0 aliphatic heterocycles. The van der Waals surface area contributed by atoms with E-state index in [1.165, 1.54) is 70.6 Å². The standard InChI is InChI=1S/C39H73O10P/c1-3-5-7-9-11-13-15-17-19-20-22-24-26-28-30-38(42)46-34-37(35-48-50(44,45)47-33-36(41)32-40)49-39(43)31-29-27-25-23-21-18-16-14-12-10-8-6-4-2/h15,17-18,21,36-37,40-41H,3-14,16,19-20,22-35H2,1-2H3,(H,44,45)/b17-15+,21-18+/t36-,37+/m0/s1. The van der Waals surface area contributed by atoms with E-state index in [1.54, 1.807) is 0 Å². The lowest BCUT2D eigenvalue weighted by molar-refractivity contribution is -0.161. The molecule has 0 saturated heterocycles. The van der Waals surface area contributed by atoms with Crippen molar-refractivity contribution < 1.29 is 47.8 Å². The highest BCUT2D eigenvalue weighted by Gasteiger charge is 2.27. The van der Waals surface area contributed by atoms with E-state index < -0.39 is 51.8 Å². The highest BCUT2D eigenvalue weighted by atomic mass is 31.2. The summed E-state index contributed by atoms with van der Waals surface area (Å²) in [6, 6.07) is 0. The normalized spacial score (nSPS) is 14.3. The molecule has 0 bridgehead atoms. The largest absolute Gasteiger partial charge is 0.472 e. The number of rotatable bonds is 37. The second-order valence-corrected chi connectivity index (χ2v) is 14.8. The van der Waals surface area contributed by atoms with Crippen LogP contribution in [0.4, 0.5) is 0 Å². The van der Waals surface area contributed by atoms with Crippen LogP contribution in [0.5, 0.6) is 0 Å². The molecule has 0 rings (SSSR count). The fraction of sp³-hybridized carbons (Fsp3) is 0.846. The van der Waals surface area contributed by atoms with Gasteiger partial charge in [0.15, 0.2) is 6.10 Å². The number of aliphatic hydroxyl groups is 2. The Balaban J connectivity index is 4.38. The number of carbonyl (C=O) groups is 2. The van der Waals surface area contributed by atoms with Crippen LogP contribution < -0.4 is 0 Å². The first-order valence-electron chi connectivity index (χ1n) is 19.8. The van der Waals surface area contributed by atoms with Crippen molar-refractivity contribution in [2.24, 2.45) is 0 Å². The number of ether oxygens (including phenoxy) is 2. The second-order valence-electron chi connectivity index (χ2n) is 13.3. The Morgan fingerprint density at radius 2 is 0.980 bits per heavy atom. The molecule has 10 nitrogen and oxygen atoms in total. The first-order valence-corrected chi connectivity index (χ1v) is 21.3. The topological polar surface area (TPSA) is 149 Å². The Hall–Kier alpha value is -1.55. The predicted molar refractivity (Wildman–Crippen MR) is 201 cm³/mol. The summed E-state index contributed by atoms with van der Waals surface area (Å²) in [5.74, 6) is -0.952. The van der Waals surface area contributed by atoms with Crippen molar-refractivity contribution >= 4 is 19.8 Å². The van der Waals surface area contributed by atoms with E-state index in [4.69, 9.17) is 19.1 Å². The number of hydrogen-bond donors (Lipinski definition) is 3. The molecule has 0 fully saturated rings. The molecule has 0 saturated carbocycles. The van der Waals surface area contributed by atoms with Gasteiger partial charge in [-0.25, -0.2) is 4.57 Å². The van der Waals surface area contributed by atoms with E-state index in [2.05, 4.69) is 42.7 Å². The molecule has 50 heavy (non-hydrogen) atoms. The van der Waals surface area contributed by atoms with Gasteiger partial charge in [-0.15, -0.1) is 0 Å². The first-order chi connectivity index (χ1) is 24.2. The highest BCUT2D eigenvalue weighted by molar-refractivity contribution is 7.47. The molecular weight excluding hydrogens is 659 g/mol. The molecule has 1 unspecified atom stereocenters. The summed E-state index contributed by atoms with van der Waals surface area (Å²) in [4.78, 5) is 34.8. The Morgan fingerprint density at radius 3 is 1.46 bits per heavy atom. The molecule has 3 atom stereocenters. The zero-order valence-electron chi connectivity index (χ0n) is 31.6. The zero-order valence-corrected chi connectivity index (χ0v) is 32.5. The predicted octanol–water partition coefficient (Wildman–Crippen LogP) is 9.83. The maximum Gasteiger partial charge on any atom is 0.472 e. The third-order valence-corrected chi connectivity index (χ3v) is 9.28. The lowest BCUT2D eigenvalue weighted by atomic mass is 10.1. The van der Waals surface area contributed by atoms with Crippen LogP contribution >= 0.6 is 7.82 Å². The van der Waals surface area contributed by atoms with E-state index >= 15 is 0 Å². The maximum absolute atomic E-state index is 12.5. The summed E-state index contributed by atoms with van der Waals surface area (Å²) >= 11 is 0. The number of hydrogen-bond acceptors (Lipinski definition) is 9. The summed E-state index contributed by atoms with van der Waals surface area (Å²) in [6.07, 6.45) is 32.9. The van der Waals surface area contributed by atoms with Crippen LogP contribution in [0.25, 0.3) is 0 Å². The van der Waals surface area contributed by atoms with Gasteiger partial charge < -0.3 is 24.6 Å². The molecule has 0 heterocycles. The van der Waals surface area contributed by atoms with Crippen LogP contribution in [0.3, 0.4) is 0 Å². The maximum atomic E-state index is 12.5. The Kier molecular flexibility index (Phi) is 34.7. The molecular formula is C39H73O10P. The van der Waals surface area contributed by atoms with Gasteiger partial charge in [0, 0.05) is 12.8 Å². The molecule has 0 aromatic heterocycles. The first kappa shape index (κ1) is 48.5. The fourth-order valence-corrected chi connectivity index (χ4v) is 6.01. The highest BCUT2D eigenvalue weighted by Crippen LogP contribution is 2.43. The van der Waals surface area contributed by atoms with Gasteiger partial charge in [-0.05, 0) is 64.2 Å². The van der Waals surface area contributed by atoms with Crippen LogP contribution in [0, 0.1) is 0 Å². The van der Waals surface area contributed by atoms with Crippen molar-refractivity contribution in [1.29, 1.82) is 0 Å². The number of esters is 2. The van der Waals surface area contributed by atoms with Crippen molar-refractivity contribution in [3.8, 4) is 0 Å². The number of phosphoric ester groups is 1. The van der Waals surface area contributed by atoms with Crippen molar-refractivity contribution in [3.05, 3.63) is 24.3 Å². The molecule has 0 aliphatic rings. The van der Waals surface area contributed by atoms with Gasteiger partial charge in [0.1, 0.15) is 12.7 Å². The number of phosphoric acid groups is 1. The van der Waals surface area contributed by atoms with Crippen molar-refractivity contribution in [2.45, 2.75) is 187 Å². The molecule has 294 valence electrons. The molecule has 0 aromatic carbocycles. The van der Waals surface area contributed by atoms with Gasteiger partial charge in [0.25, 0.3) is 0 Å². The van der Waals surface area contributed by atoms with Crippen LogP contribution in [-0.4, -0.2) is 65.7 Å². The summed E-state index contributed by atoms with van der Waals surface area (Å²) in [5, 5.41) is 18.3. The van der Waals surface area contributed by atoms with Gasteiger partial charge >= 0.3 is 19.8 Å². The van der Waals surface area contributed by atoms with Crippen LogP contribution in [0.15, 0.2) is 24.3 Å². The van der Waals surface area contributed by atoms with E-state index in [-0.39, 0.29) is 19.4 Å². The quantitative estimate of drug-likeness (QED) is 0.0244. The zero-order chi connectivity index (χ0) is 37.0. The van der Waals surface area contributed by atoms with Gasteiger partial charge in [-0.2, -0.15) is 0 Å². The smallest absolute Gasteiger partial charge is 0.462 e. The van der Waals surface area contributed by atoms with Crippen molar-refractivity contribution in [3.63, 3.8) is 0 Å². The average Bonchev–Trinajstić information content (AvgIpc) is 3.10. The SMILES string of the molecule is CCCCCCC/C=C/CCCCCCCC(=O)OC[C@H](COP(=O)(O)OC[C@@H](O)CO)OC(=O)CCCCC/C=C/CCCCCCCC. The monoisotopic (exact) mass is 732 g/mol. The van der Waals surface area contributed by atoms with Crippen LogP contribution in [0.2, 0.25) is 0 Å². The summed E-state index contributed by atoms with van der Waals surface area (Å²) in [7, 11) is -4.61. The van der Waals surface area contributed by atoms with Crippen LogP contribution in [0.1, 0.15) is 174 Å². The average molecular weight is 733 g/mol. The number of unbranched alkanes of at least 4 members (excludes halogenated alkanes) is 19. The number of aliphatic hydroxyl groups excluding tert-OH is 2. The third kappa shape index (κ3) is 34.9. The van der Waals surface area contributed by atoms with Gasteiger partial charge in [-0.3, -0.25) is 18.6 Å². The third-order valence-electron chi connectivity index (χ3n) is 8.33. The van der Waals surface area contributed by atoms with Gasteiger partial charge in [0.2, 0.25) is 0 Å². The molecule has 11 heteroatoms. The molecule has 0 aromatic rings. The summed E-state index contributed by atoms with van der Waals surface area (Å²) in [5.41, 5.74) is 0. The number of carbonyl (C=O) groups excluding carboxylic acids is 2. The minimum atomic E-state index is -4.61. The van der Waals surface area contributed by atoms with Gasteiger partial charge in [0.05, 0.1) is 19.8 Å². The fourth-order valence-electron chi connectivity index (χ4n) is 5.22. The number of allylic oxidation sites excluding steroid dienone is 4. The van der Waals surface area contributed by atoms with Crippen LogP contribution in [-0.2, 0) is 32.7 Å². The lowest BCUT2D eigenvalue weighted by Crippen LogP contribution is -2.29. The minimum Gasteiger partial charge on any atom is -0.462 e. The molecule has 3 N–H and O–H groups in total. The van der Waals surface area contributed by atoms with E-state index in [0.717, 1.165) is 64.2 Å². The summed E-state index contributed by atoms with van der Waals surface area (Å²) < 4.78 is 32.6. The van der Waals surface area contributed by atoms with Gasteiger partial charge in [-0.1, -0.05) is 122 Å². The molecule has 0 amide bonds. The lowest BCUT2D eigenvalue weighted by Gasteiger charge is -2.20. The van der Waals surface area contributed by atoms with E-state index in [0.29, 0.717) is 12.8 Å². The Bertz CT molecular complexity index is 894. The Labute approximate surface area is 304 Å². The second kappa shape index (κ2) is 35.8. The Morgan fingerprint density at radius 1 is 0.580 bits per heavy atom. The molecule has 0 spiro atoms. The van der Waals surface area contributed by atoms with Crippen molar-refractivity contribution in [2.75, 3.05) is 26.4 Å². The summed E-state index contributed by atoms with van der Waals surface area (Å²) in [6.45, 7) is 2.33. The van der Waals surface area contributed by atoms with E-state index in [9.17, 15) is 24.2 Å². The molecule has 0 radical (unpaired) electrons. The van der Waals surface area contributed by atoms with Crippen molar-refractivity contribution in [1.82, 2.24) is 0 Å². The minimum absolute atomic E-state index is 0.163. The molecule has 0 aliphatic carbocycles.